The van der Waals surface area contributed by atoms with E-state index in [1.54, 1.807) is 6.07 Å². The van der Waals surface area contributed by atoms with Crippen molar-refractivity contribution in [2.45, 2.75) is 13.3 Å². The number of aromatic hydroxyl groups is 1. The molecule has 0 amide bonds. The maximum absolute atomic E-state index is 9.72. The van der Waals surface area contributed by atoms with Gasteiger partial charge in [0, 0.05) is 20.6 Å². The van der Waals surface area contributed by atoms with Gasteiger partial charge in [-0.1, -0.05) is 19.1 Å². The SMILES string of the molecule is CCCN=C(c1ccccc1O)N(C)C. The van der Waals surface area contributed by atoms with E-state index in [1.165, 1.54) is 0 Å². The van der Waals surface area contributed by atoms with Crippen molar-refractivity contribution >= 4 is 5.84 Å². The van der Waals surface area contributed by atoms with Gasteiger partial charge in [-0.05, 0) is 18.6 Å². The number of phenolic OH excluding ortho intramolecular Hbond substituents is 1. The molecule has 0 atom stereocenters. The van der Waals surface area contributed by atoms with Crippen molar-refractivity contribution in [2.75, 3.05) is 20.6 Å². The topological polar surface area (TPSA) is 35.8 Å². The number of rotatable bonds is 3. The van der Waals surface area contributed by atoms with E-state index in [-0.39, 0.29) is 5.75 Å². The molecule has 1 N–H and O–H groups in total. The molecule has 15 heavy (non-hydrogen) atoms. The summed E-state index contributed by atoms with van der Waals surface area (Å²) >= 11 is 0. The fraction of sp³-hybridized carbons (Fsp3) is 0.417. The molecule has 0 aromatic heterocycles. The minimum absolute atomic E-state index is 0.279. The normalized spacial score (nSPS) is 11.5. The maximum atomic E-state index is 9.72. The van der Waals surface area contributed by atoms with Gasteiger partial charge in [-0.15, -0.1) is 0 Å². The number of hydrogen-bond donors (Lipinski definition) is 1. The summed E-state index contributed by atoms with van der Waals surface area (Å²) in [6, 6.07) is 7.27. The average molecular weight is 206 g/mol. The molecule has 0 saturated heterocycles. The molecule has 0 unspecified atom stereocenters. The van der Waals surface area contributed by atoms with E-state index in [0.29, 0.717) is 0 Å². The Balaban J connectivity index is 3.05. The smallest absolute Gasteiger partial charge is 0.134 e. The van der Waals surface area contributed by atoms with E-state index >= 15 is 0 Å². The van der Waals surface area contributed by atoms with Gasteiger partial charge in [-0.2, -0.15) is 0 Å². The van der Waals surface area contributed by atoms with Crippen LogP contribution >= 0.6 is 0 Å². The van der Waals surface area contributed by atoms with E-state index < -0.39 is 0 Å². The van der Waals surface area contributed by atoms with Gasteiger partial charge in [-0.25, -0.2) is 0 Å². The van der Waals surface area contributed by atoms with Crippen LogP contribution in [0.3, 0.4) is 0 Å². The van der Waals surface area contributed by atoms with E-state index in [4.69, 9.17) is 0 Å². The van der Waals surface area contributed by atoms with Crippen molar-refractivity contribution in [1.82, 2.24) is 4.90 Å². The van der Waals surface area contributed by atoms with Gasteiger partial charge in [-0.3, -0.25) is 4.99 Å². The van der Waals surface area contributed by atoms with Crippen molar-refractivity contribution < 1.29 is 5.11 Å². The molecule has 0 aliphatic heterocycles. The lowest BCUT2D eigenvalue weighted by atomic mass is 10.1. The van der Waals surface area contributed by atoms with Crippen LogP contribution in [0, 0.1) is 0 Å². The first-order valence-corrected chi connectivity index (χ1v) is 5.17. The Bertz CT molecular complexity index is 345. The highest BCUT2D eigenvalue weighted by Gasteiger charge is 2.09. The molecular weight excluding hydrogens is 188 g/mol. The number of amidine groups is 1. The van der Waals surface area contributed by atoms with Crippen molar-refractivity contribution in [3.8, 4) is 5.75 Å². The van der Waals surface area contributed by atoms with Crippen molar-refractivity contribution in [2.24, 2.45) is 4.99 Å². The third-order valence-corrected chi connectivity index (χ3v) is 2.05. The lowest BCUT2D eigenvalue weighted by Crippen LogP contribution is -2.23. The van der Waals surface area contributed by atoms with Crippen molar-refractivity contribution in [3.63, 3.8) is 0 Å². The van der Waals surface area contributed by atoms with E-state index in [0.717, 1.165) is 24.4 Å². The third-order valence-electron chi connectivity index (χ3n) is 2.05. The Morgan fingerprint density at radius 2 is 2.00 bits per heavy atom. The van der Waals surface area contributed by atoms with Crippen LogP contribution in [0.15, 0.2) is 29.3 Å². The fourth-order valence-electron chi connectivity index (χ4n) is 1.35. The Morgan fingerprint density at radius 3 is 2.53 bits per heavy atom. The number of benzene rings is 1. The quantitative estimate of drug-likeness (QED) is 0.607. The van der Waals surface area contributed by atoms with Crippen molar-refractivity contribution in [1.29, 1.82) is 0 Å². The van der Waals surface area contributed by atoms with E-state index in [1.807, 2.05) is 37.2 Å². The highest BCUT2D eigenvalue weighted by Crippen LogP contribution is 2.17. The summed E-state index contributed by atoms with van der Waals surface area (Å²) in [6.45, 7) is 2.86. The van der Waals surface area contributed by atoms with Crippen LogP contribution in [0.5, 0.6) is 5.75 Å². The maximum Gasteiger partial charge on any atom is 0.134 e. The minimum Gasteiger partial charge on any atom is -0.507 e. The van der Waals surface area contributed by atoms with Crippen LogP contribution in [-0.2, 0) is 0 Å². The van der Waals surface area contributed by atoms with Gasteiger partial charge < -0.3 is 10.0 Å². The zero-order valence-electron chi connectivity index (χ0n) is 9.57. The second-order valence-corrected chi connectivity index (χ2v) is 3.62. The number of aliphatic imine (C=N–C) groups is 1. The van der Waals surface area contributed by atoms with E-state index in [2.05, 4.69) is 11.9 Å². The van der Waals surface area contributed by atoms with E-state index in [9.17, 15) is 5.11 Å². The summed E-state index contributed by atoms with van der Waals surface area (Å²) in [5, 5.41) is 9.72. The van der Waals surface area contributed by atoms with Crippen LogP contribution in [0.2, 0.25) is 0 Å². The second-order valence-electron chi connectivity index (χ2n) is 3.62. The molecule has 1 aromatic carbocycles. The summed E-state index contributed by atoms with van der Waals surface area (Å²) < 4.78 is 0. The first-order valence-electron chi connectivity index (χ1n) is 5.17. The van der Waals surface area contributed by atoms with Gasteiger partial charge in [0.1, 0.15) is 11.6 Å². The lowest BCUT2D eigenvalue weighted by Gasteiger charge is -2.16. The third kappa shape index (κ3) is 2.98. The Kier molecular flexibility index (Phi) is 4.16. The van der Waals surface area contributed by atoms with Crippen molar-refractivity contribution in [3.05, 3.63) is 29.8 Å². The number of nitrogens with zero attached hydrogens (tertiary/aromatic N) is 2. The summed E-state index contributed by atoms with van der Waals surface area (Å²) in [6.07, 6.45) is 1.00. The lowest BCUT2D eigenvalue weighted by molar-refractivity contribution is 0.471. The monoisotopic (exact) mass is 206 g/mol. The van der Waals surface area contributed by atoms with Gasteiger partial charge in [0.15, 0.2) is 0 Å². The van der Waals surface area contributed by atoms with Crippen LogP contribution in [0.4, 0.5) is 0 Å². The van der Waals surface area contributed by atoms with Gasteiger partial charge in [0.25, 0.3) is 0 Å². The molecular formula is C12H18N2O. The van der Waals surface area contributed by atoms with Crippen LogP contribution in [0.1, 0.15) is 18.9 Å². The Morgan fingerprint density at radius 1 is 1.33 bits per heavy atom. The standard InChI is InChI=1S/C12H18N2O/c1-4-9-13-12(14(2)3)10-7-5-6-8-11(10)15/h5-8,15H,4,9H2,1-3H3. The number of para-hydroxylation sites is 1. The molecule has 0 saturated carbocycles. The second kappa shape index (κ2) is 5.39. The molecule has 0 fully saturated rings. The largest absolute Gasteiger partial charge is 0.507 e. The minimum atomic E-state index is 0.279. The molecule has 3 nitrogen and oxygen atoms in total. The first kappa shape index (κ1) is 11.6. The molecule has 0 radical (unpaired) electrons. The molecule has 1 rings (SSSR count). The molecule has 0 aliphatic carbocycles. The summed E-state index contributed by atoms with van der Waals surface area (Å²) in [7, 11) is 3.86. The summed E-state index contributed by atoms with van der Waals surface area (Å²) in [5.41, 5.74) is 0.788. The highest BCUT2D eigenvalue weighted by molar-refractivity contribution is 6.00. The van der Waals surface area contributed by atoms with Gasteiger partial charge in [0.05, 0.1) is 5.56 Å². The van der Waals surface area contributed by atoms with Gasteiger partial charge >= 0.3 is 0 Å². The van der Waals surface area contributed by atoms with Gasteiger partial charge in [0.2, 0.25) is 0 Å². The zero-order valence-corrected chi connectivity index (χ0v) is 9.57. The summed E-state index contributed by atoms with van der Waals surface area (Å²) in [5.74, 6) is 1.11. The fourth-order valence-corrected chi connectivity index (χ4v) is 1.35. The van der Waals surface area contributed by atoms with Crippen LogP contribution < -0.4 is 0 Å². The zero-order chi connectivity index (χ0) is 11.3. The Hall–Kier alpha value is -1.51. The van der Waals surface area contributed by atoms with Crippen LogP contribution in [-0.4, -0.2) is 36.5 Å². The molecule has 82 valence electrons. The summed E-state index contributed by atoms with van der Waals surface area (Å²) in [4.78, 5) is 6.38. The Labute approximate surface area is 91.1 Å². The molecule has 0 aliphatic rings. The average Bonchev–Trinajstić information content (AvgIpc) is 2.20. The predicted molar refractivity (Wildman–Crippen MR) is 63.5 cm³/mol. The first-order chi connectivity index (χ1) is 7.16. The molecule has 0 spiro atoms. The molecule has 0 heterocycles. The molecule has 1 aromatic rings. The highest BCUT2D eigenvalue weighted by atomic mass is 16.3. The van der Waals surface area contributed by atoms with Crippen LogP contribution in [0.25, 0.3) is 0 Å². The predicted octanol–water partition coefficient (Wildman–Crippen LogP) is 2.11. The molecule has 3 heteroatoms. The molecule has 0 bridgehead atoms. The number of phenols is 1. The number of hydrogen-bond acceptors (Lipinski definition) is 2.